The summed E-state index contributed by atoms with van der Waals surface area (Å²) in [5.74, 6) is 1.70. The van der Waals surface area contributed by atoms with Crippen molar-refractivity contribution in [1.82, 2.24) is 24.8 Å². The molecule has 9 heteroatoms. The van der Waals surface area contributed by atoms with Crippen LogP contribution in [0.2, 0.25) is 0 Å². The number of nitrogen functional groups attached to an aromatic ring is 1. The molecule has 8 nitrogen and oxygen atoms in total. The number of amides is 2. The predicted molar refractivity (Wildman–Crippen MR) is 146 cm³/mol. The molecule has 0 atom stereocenters. The second-order valence-corrected chi connectivity index (χ2v) is 10.5. The maximum atomic E-state index is 12.1. The van der Waals surface area contributed by atoms with E-state index in [1.807, 2.05) is 38.1 Å². The van der Waals surface area contributed by atoms with Crippen LogP contribution in [0.25, 0.3) is 22.2 Å². The summed E-state index contributed by atoms with van der Waals surface area (Å²) in [6.45, 7) is 3.87. The molecule has 0 aliphatic heterocycles. The number of hydrogen-bond acceptors (Lipinski definition) is 6. The molecule has 0 spiro atoms. The summed E-state index contributed by atoms with van der Waals surface area (Å²) in [6, 6.07) is 14.8. The molecule has 0 unspecified atom stereocenters. The maximum absolute atomic E-state index is 12.1. The monoisotopic (exact) mass is 501 g/mol. The maximum Gasteiger partial charge on any atom is 0.319 e. The molecule has 4 N–H and O–H groups in total. The van der Waals surface area contributed by atoms with Crippen LogP contribution in [0.3, 0.4) is 0 Å². The Hall–Kier alpha value is -3.59. The lowest BCUT2D eigenvalue weighted by atomic mass is 9.92. The zero-order chi connectivity index (χ0) is 25.1. The van der Waals surface area contributed by atoms with Gasteiger partial charge in [-0.05, 0) is 63.4 Å². The van der Waals surface area contributed by atoms with Crippen molar-refractivity contribution >= 4 is 40.1 Å². The third kappa shape index (κ3) is 5.16. The normalized spacial score (nSPS) is 13.6. The minimum absolute atomic E-state index is 0.0780. The highest BCUT2D eigenvalue weighted by molar-refractivity contribution is 7.99. The molecule has 2 heterocycles. The number of urea groups is 1. The fraction of sp³-hybridized carbons (Fsp3) is 0.333. The molecule has 1 aliphatic carbocycles. The summed E-state index contributed by atoms with van der Waals surface area (Å²) in [5, 5.41) is 6.82. The van der Waals surface area contributed by atoms with Crippen LogP contribution in [0.15, 0.2) is 60.0 Å². The van der Waals surface area contributed by atoms with E-state index in [4.69, 9.17) is 5.73 Å². The molecule has 4 aromatic rings. The van der Waals surface area contributed by atoms with Crippen molar-refractivity contribution in [2.45, 2.75) is 56.5 Å². The summed E-state index contributed by atoms with van der Waals surface area (Å²) >= 11 is 1.80. The summed E-state index contributed by atoms with van der Waals surface area (Å²) < 4.78 is 2.43. The first kappa shape index (κ1) is 24.1. The lowest BCUT2D eigenvalue weighted by Crippen LogP contribution is -2.34. The van der Waals surface area contributed by atoms with Crippen molar-refractivity contribution in [3.05, 3.63) is 60.9 Å². The van der Waals surface area contributed by atoms with Gasteiger partial charge in [0.15, 0.2) is 0 Å². The summed E-state index contributed by atoms with van der Waals surface area (Å²) in [4.78, 5) is 25.6. The Bertz CT molecular complexity index is 1350. The van der Waals surface area contributed by atoms with E-state index >= 15 is 0 Å². The van der Waals surface area contributed by atoms with Gasteiger partial charge in [0.05, 0.1) is 16.9 Å². The molecule has 2 aromatic heterocycles. The van der Waals surface area contributed by atoms with Crippen molar-refractivity contribution in [2.24, 2.45) is 0 Å². The zero-order valence-electron chi connectivity index (χ0n) is 20.6. The van der Waals surface area contributed by atoms with Crippen LogP contribution in [0, 0.1) is 0 Å². The summed E-state index contributed by atoms with van der Waals surface area (Å²) in [6.07, 6.45) is 7.41. The van der Waals surface area contributed by atoms with Gasteiger partial charge in [-0.15, -0.1) is 11.8 Å². The van der Waals surface area contributed by atoms with Gasteiger partial charge < -0.3 is 20.9 Å². The zero-order valence-corrected chi connectivity index (χ0v) is 21.4. The molecule has 0 radical (unpaired) electrons. The van der Waals surface area contributed by atoms with Crippen LogP contribution in [-0.2, 0) is 6.42 Å². The van der Waals surface area contributed by atoms with Crippen molar-refractivity contribution in [3.63, 3.8) is 0 Å². The highest BCUT2D eigenvalue weighted by Gasteiger charge is 2.27. The van der Waals surface area contributed by atoms with Crippen LogP contribution in [0.4, 0.5) is 16.2 Å². The van der Waals surface area contributed by atoms with Crippen LogP contribution in [0.1, 0.15) is 45.0 Å². The molecule has 2 amide bonds. The van der Waals surface area contributed by atoms with Crippen molar-refractivity contribution in [1.29, 1.82) is 0 Å². The van der Waals surface area contributed by atoms with Gasteiger partial charge in [-0.2, -0.15) is 0 Å². The van der Waals surface area contributed by atoms with Crippen LogP contribution >= 0.6 is 11.8 Å². The molecule has 1 aliphatic rings. The molecule has 1 fully saturated rings. The van der Waals surface area contributed by atoms with E-state index < -0.39 is 0 Å². The molecule has 0 bridgehead atoms. The molecule has 5 rings (SSSR count). The lowest BCUT2D eigenvalue weighted by Gasteiger charge is -2.30. The van der Waals surface area contributed by atoms with E-state index in [0.29, 0.717) is 6.04 Å². The summed E-state index contributed by atoms with van der Waals surface area (Å²) in [7, 11) is 0. The first-order valence-corrected chi connectivity index (χ1v) is 13.3. The molecule has 1 saturated carbocycles. The van der Waals surface area contributed by atoms with Gasteiger partial charge in [0.25, 0.3) is 0 Å². The fourth-order valence-corrected chi connectivity index (χ4v) is 5.40. The number of rotatable bonds is 8. The van der Waals surface area contributed by atoms with E-state index in [1.54, 1.807) is 11.8 Å². The first-order valence-electron chi connectivity index (χ1n) is 12.3. The summed E-state index contributed by atoms with van der Waals surface area (Å²) in [5.41, 5.74) is 11.6. The van der Waals surface area contributed by atoms with E-state index in [2.05, 4.69) is 48.4 Å². The Morgan fingerprint density at radius 1 is 1.14 bits per heavy atom. The smallest absolute Gasteiger partial charge is 0.319 e. The third-order valence-electron chi connectivity index (χ3n) is 6.43. The minimum Gasteiger partial charge on any atom is -0.396 e. The Kier molecular flexibility index (Phi) is 7.09. The largest absolute Gasteiger partial charge is 0.396 e. The van der Waals surface area contributed by atoms with Gasteiger partial charge in [0.2, 0.25) is 0 Å². The number of carbonyl (C=O) groups excluding carboxylic acids is 1. The average molecular weight is 502 g/mol. The SMILES string of the molecule is CC(C)NC(=O)Nc1ccc(-c2c(N)c3ccc(SCCc4ncncn4)cc3n2C2CCC2)cc1. The number of nitrogens with zero attached hydrogens (tertiary/aromatic N) is 4. The third-order valence-corrected chi connectivity index (χ3v) is 7.43. The van der Waals surface area contributed by atoms with E-state index in [1.165, 1.54) is 29.5 Å². The number of thioether (sulfide) groups is 1. The van der Waals surface area contributed by atoms with Crippen molar-refractivity contribution in [3.8, 4) is 11.3 Å². The number of fused-ring (bicyclic) bond motifs is 1. The number of aryl methyl sites for hydroxylation is 1. The second kappa shape index (κ2) is 10.6. The average Bonchev–Trinajstić information content (AvgIpc) is 3.10. The van der Waals surface area contributed by atoms with Crippen LogP contribution in [-0.4, -0.2) is 37.3 Å². The van der Waals surface area contributed by atoms with Gasteiger partial charge in [-0.1, -0.05) is 12.1 Å². The molecular formula is C27H31N7OS. The Morgan fingerprint density at radius 2 is 1.89 bits per heavy atom. The highest BCUT2D eigenvalue weighted by Crippen LogP contribution is 2.45. The number of anilines is 2. The molecule has 0 saturated heterocycles. The predicted octanol–water partition coefficient (Wildman–Crippen LogP) is 5.67. The van der Waals surface area contributed by atoms with Gasteiger partial charge >= 0.3 is 6.03 Å². The Balaban J connectivity index is 1.42. The number of hydrogen-bond donors (Lipinski definition) is 3. The van der Waals surface area contributed by atoms with E-state index in [9.17, 15) is 4.79 Å². The highest BCUT2D eigenvalue weighted by atomic mass is 32.2. The molecule has 36 heavy (non-hydrogen) atoms. The first-order chi connectivity index (χ1) is 17.5. The number of nitrogens with two attached hydrogens (primary N) is 1. The van der Waals surface area contributed by atoms with Crippen LogP contribution < -0.4 is 16.4 Å². The van der Waals surface area contributed by atoms with E-state index in [-0.39, 0.29) is 12.1 Å². The van der Waals surface area contributed by atoms with Gasteiger partial charge in [0, 0.05) is 45.8 Å². The Morgan fingerprint density at radius 3 is 2.56 bits per heavy atom. The molecule has 186 valence electrons. The number of aromatic nitrogens is 4. The fourth-order valence-electron chi connectivity index (χ4n) is 4.52. The van der Waals surface area contributed by atoms with Crippen LogP contribution in [0.5, 0.6) is 0 Å². The van der Waals surface area contributed by atoms with E-state index in [0.717, 1.165) is 58.9 Å². The standard InChI is InChI=1S/C27H31N7OS/c1-17(2)32-27(35)33-19-8-6-18(7-9-19)26-25(28)22-11-10-21(14-23(22)34(26)20-4-3-5-20)36-13-12-24-30-15-29-16-31-24/h6-11,14-17,20H,3-5,12-13,28H2,1-2H3,(H2,32,33,35). The quantitative estimate of drug-likeness (QED) is 0.269. The minimum atomic E-state index is -0.207. The van der Waals surface area contributed by atoms with Gasteiger partial charge in [0.1, 0.15) is 18.5 Å². The number of nitrogens with one attached hydrogen (secondary N) is 2. The Labute approximate surface area is 215 Å². The van der Waals surface area contributed by atoms with Crippen molar-refractivity contribution < 1.29 is 4.79 Å². The number of benzene rings is 2. The topological polar surface area (TPSA) is 111 Å². The van der Waals surface area contributed by atoms with Crippen molar-refractivity contribution in [2.75, 3.05) is 16.8 Å². The van der Waals surface area contributed by atoms with Gasteiger partial charge in [-0.25, -0.2) is 19.7 Å². The molecule has 2 aromatic carbocycles. The van der Waals surface area contributed by atoms with Gasteiger partial charge in [-0.3, -0.25) is 0 Å². The molecular weight excluding hydrogens is 470 g/mol. The second-order valence-electron chi connectivity index (χ2n) is 9.38. The number of carbonyl (C=O) groups is 1. The lowest BCUT2D eigenvalue weighted by molar-refractivity contribution is 0.250.